The molecule has 11 heavy (non-hydrogen) atoms. The normalized spacial score (nSPS) is 29.5. The van der Waals surface area contributed by atoms with Crippen LogP contribution in [0, 0.1) is 0 Å². The van der Waals surface area contributed by atoms with Gasteiger partial charge in [-0.05, 0) is 20.3 Å². The van der Waals surface area contributed by atoms with Gasteiger partial charge in [0.2, 0.25) is 0 Å². The monoisotopic (exact) mass is 161 g/mol. The second-order valence-corrected chi connectivity index (χ2v) is 3.21. The number of nitrogens with one attached hydrogen (secondary N) is 1. The van der Waals surface area contributed by atoms with Gasteiger partial charge >= 0.3 is 0 Å². The molecule has 1 rings (SSSR count). The van der Waals surface area contributed by atoms with E-state index in [0.717, 1.165) is 6.42 Å². The number of alkyl halides is 1. The van der Waals surface area contributed by atoms with Gasteiger partial charge in [-0.3, -0.25) is 0 Å². The molecule has 66 valence electrons. The zero-order chi connectivity index (χ0) is 8.27. The van der Waals surface area contributed by atoms with E-state index < -0.39 is 0 Å². The quantitative estimate of drug-likeness (QED) is 0.652. The van der Waals surface area contributed by atoms with E-state index in [4.69, 9.17) is 4.74 Å². The Kier molecular flexibility index (Phi) is 3.27. The Hall–Kier alpha value is -0.150. The molecule has 0 aromatic rings. The molecule has 0 unspecified atom stereocenters. The lowest BCUT2D eigenvalue weighted by Crippen LogP contribution is -2.23. The van der Waals surface area contributed by atoms with Crippen molar-refractivity contribution in [2.45, 2.75) is 38.5 Å². The first kappa shape index (κ1) is 8.94. The maximum atomic E-state index is 11.7. The van der Waals surface area contributed by atoms with E-state index in [-0.39, 0.29) is 12.8 Å². The Morgan fingerprint density at radius 3 is 2.91 bits per heavy atom. The van der Waals surface area contributed by atoms with Gasteiger partial charge in [0.15, 0.2) is 0 Å². The molecular weight excluding hydrogens is 145 g/mol. The first-order valence-electron chi connectivity index (χ1n) is 4.19. The van der Waals surface area contributed by atoms with Crippen LogP contribution in [0.5, 0.6) is 0 Å². The predicted octanol–water partition coefficient (Wildman–Crippen LogP) is 1.11. The summed E-state index contributed by atoms with van der Waals surface area (Å²) >= 11 is 0. The highest BCUT2D eigenvalue weighted by Crippen LogP contribution is 2.26. The average molecular weight is 161 g/mol. The third kappa shape index (κ3) is 3.16. The molecule has 0 amide bonds. The summed E-state index contributed by atoms with van der Waals surface area (Å²) < 4.78 is 17.2. The lowest BCUT2D eigenvalue weighted by Gasteiger charge is -2.06. The molecule has 1 saturated carbocycles. The fraction of sp³-hybridized carbons (Fsp3) is 1.00. The van der Waals surface area contributed by atoms with E-state index in [2.05, 4.69) is 5.32 Å². The summed E-state index contributed by atoms with van der Waals surface area (Å²) in [6, 6.07) is 0.410. The summed E-state index contributed by atoms with van der Waals surface area (Å²) in [4.78, 5) is 0. The molecule has 0 aromatic heterocycles. The predicted molar refractivity (Wildman–Crippen MR) is 42.4 cm³/mol. The summed E-state index contributed by atoms with van der Waals surface area (Å²) in [6.45, 7) is 4.21. The van der Waals surface area contributed by atoms with Crippen LogP contribution in [0.2, 0.25) is 0 Å². The fourth-order valence-electron chi connectivity index (χ4n) is 1.13. The summed E-state index contributed by atoms with van der Waals surface area (Å²) in [5, 5.41) is 3.06. The van der Waals surface area contributed by atoms with E-state index in [1.165, 1.54) is 0 Å². The van der Waals surface area contributed by atoms with E-state index in [1.54, 1.807) is 0 Å². The molecule has 0 spiro atoms. The molecule has 0 aliphatic heterocycles. The molecule has 1 fully saturated rings. The molecule has 2 nitrogen and oxygen atoms in total. The first-order valence-corrected chi connectivity index (χ1v) is 4.19. The van der Waals surface area contributed by atoms with Crippen LogP contribution in [0.4, 0.5) is 4.39 Å². The van der Waals surface area contributed by atoms with E-state index in [1.807, 2.05) is 13.8 Å². The minimum Gasteiger partial charge on any atom is -0.374 e. The molecule has 1 aliphatic carbocycles. The van der Waals surface area contributed by atoms with E-state index in [9.17, 15) is 4.39 Å². The van der Waals surface area contributed by atoms with Crippen molar-refractivity contribution in [3.63, 3.8) is 0 Å². The highest BCUT2D eigenvalue weighted by molar-refractivity contribution is 4.95. The number of hydrogen-bond donors (Lipinski definition) is 1. The van der Waals surface area contributed by atoms with Gasteiger partial charge in [-0.2, -0.15) is 0 Å². The van der Waals surface area contributed by atoms with Gasteiger partial charge in [-0.25, -0.2) is 4.39 Å². The van der Waals surface area contributed by atoms with Crippen molar-refractivity contribution >= 4 is 0 Å². The maximum Gasteiger partial charge on any atom is 0.102 e. The minimum absolute atomic E-state index is 0.287. The lowest BCUT2D eigenvalue weighted by molar-refractivity contribution is 0.0594. The Labute approximate surface area is 67.1 Å². The van der Waals surface area contributed by atoms with Gasteiger partial charge in [0.05, 0.1) is 12.2 Å². The lowest BCUT2D eigenvalue weighted by atomic mass is 10.5. The zero-order valence-corrected chi connectivity index (χ0v) is 7.14. The Balaban J connectivity index is 1.98. The van der Waals surface area contributed by atoms with Crippen molar-refractivity contribution in [3.8, 4) is 0 Å². The van der Waals surface area contributed by atoms with Crippen LogP contribution >= 0.6 is 0 Å². The standard InChI is InChI=1S/C8H16FNO/c1-6(2)11-8-5-7(8)10-4-3-9/h6-8,10H,3-5H2,1-2H3/t7-,8+/m1/s1. The SMILES string of the molecule is CC(C)O[C@H]1C[C@H]1NCCF. The second-order valence-electron chi connectivity index (χ2n) is 3.21. The molecule has 2 atom stereocenters. The zero-order valence-electron chi connectivity index (χ0n) is 7.14. The van der Waals surface area contributed by atoms with Crippen LogP contribution in [0.25, 0.3) is 0 Å². The van der Waals surface area contributed by atoms with Crippen molar-refractivity contribution < 1.29 is 9.13 Å². The van der Waals surface area contributed by atoms with Crippen LogP contribution in [-0.4, -0.2) is 31.5 Å². The molecule has 0 aromatic carbocycles. The Bertz CT molecular complexity index is 119. The molecule has 0 saturated heterocycles. The Morgan fingerprint density at radius 1 is 1.64 bits per heavy atom. The molecule has 1 N–H and O–H groups in total. The van der Waals surface area contributed by atoms with E-state index >= 15 is 0 Å². The number of rotatable bonds is 5. The van der Waals surface area contributed by atoms with Gasteiger partial charge in [0.1, 0.15) is 6.67 Å². The van der Waals surface area contributed by atoms with E-state index in [0.29, 0.717) is 18.7 Å². The third-order valence-corrected chi connectivity index (χ3v) is 1.68. The van der Waals surface area contributed by atoms with Crippen LogP contribution in [0.3, 0.4) is 0 Å². The van der Waals surface area contributed by atoms with Crippen LogP contribution in [0.1, 0.15) is 20.3 Å². The van der Waals surface area contributed by atoms with Crippen molar-refractivity contribution in [1.82, 2.24) is 5.32 Å². The number of halogens is 1. The topological polar surface area (TPSA) is 21.3 Å². The van der Waals surface area contributed by atoms with Gasteiger partial charge in [-0.1, -0.05) is 0 Å². The average Bonchev–Trinajstić information content (AvgIpc) is 2.62. The molecule has 0 bridgehead atoms. The fourth-order valence-corrected chi connectivity index (χ4v) is 1.13. The van der Waals surface area contributed by atoms with Gasteiger partial charge in [0, 0.05) is 12.6 Å². The van der Waals surface area contributed by atoms with Crippen LogP contribution in [-0.2, 0) is 4.74 Å². The number of ether oxygens (including phenoxy) is 1. The maximum absolute atomic E-state index is 11.7. The molecule has 0 heterocycles. The van der Waals surface area contributed by atoms with Gasteiger partial charge in [0.25, 0.3) is 0 Å². The van der Waals surface area contributed by atoms with Gasteiger partial charge in [-0.15, -0.1) is 0 Å². The highest BCUT2D eigenvalue weighted by atomic mass is 19.1. The Morgan fingerprint density at radius 2 is 2.36 bits per heavy atom. The second kappa shape index (κ2) is 4.02. The molecular formula is C8H16FNO. The summed E-state index contributed by atoms with van der Waals surface area (Å²) in [7, 11) is 0. The molecule has 3 heteroatoms. The minimum atomic E-state index is -0.287. The molecule has 1 aliphatic rings. The van der Waals surface area contributed by atoms with Crippen molar-refractivity contribution in [3.05, 3.63) is 0 Å². The summed E-state index contributed by atoms with van der Waals surface area (Å²) in [5.74, 6) is 0. The van der Waals surface area contributed by atoms with Crippen molar-refractivity contribution in [2.75, 3.05) is 13.2 Å². The van der Waals surface area contributed by atoms with Crippen molar-refractivity contribution in [2.24, 2.45) is 0 Å². The van der Waals surface area contributed by atoms with Gasteiger partial charge < -0.3 is 10.1 Å². The largest absolute Gasteiger partial charge is 0.374 e. The number of hydrogen-bond acceptors (Lipinski definition) is 2. The molecule has 0 radical (unpaired) electrons. The summed E-state index contributed by atoms with van der Waals surface area (Å²) in [6.07, 6.45) is 1.66. The van der Waals surface area contributed by atoms with Crippen LogP contribution in [0.15, 0.2) is 0 Å². The smallest absolute Gasteiger partial charge is 0.102 e. The van der Waals surface area contributed by atoms with Crippen LogP contribution < -0.4 is 5.32 Å². The highest BCUT2D eigenvalue weighted by Gasteiger charge is 2.38. The van der Waals surface area contributed by atoms with Crippen molar-refractivity contribution in [1.29, 1.82) is 0 Å². The summed E-state index contributed by atoms with van der Waals surface area (Å²) in [5.41, 5.74) is 0. The first-order chi connectivity index (χ1) is 5.24. The third-order valence-electron chi connectivity index (χ3n) is 1.68.